The summed E-state index contributed by atoms with van der Waals surface area (Å²) in [5.41, 5.74) is 0.285. The summed E-state index contributed by atoms with van der Waals surface area (Å²) in [5.74, 6) is 0. The molecule has 4 aliphatic rings. The fraction of sp³-hybridized carbons (Fsp3) is 1.00. The Morgan fingerprint density at radius 2 is 1.93 bits per heavy atom. The Morgan fingerprint density at radius 3 is 2.50 bits per heavy atom. The Hall–Kier alpha value is -0.120. The minimum Gasteiger partial charge on any atom is -0.396 e. The molecule has 80 valence electrons. The molecule has 14 heavy (non-hydrogen) atoms. The van der Waals surface area contributed by atoms with E-state index in [1.165, 1.54) is 25.9 Å². The minimum atomic E-state index is 0.132. The molecule has 0 radical (unpaired) electrons. The molecule has 3 aliphatic heterocycles. The Bertz CT molecular complexity index is 229. The van der Waals surface area contributed by atoms with Gasteiger partial charge in [-0.05, 0) is 38.8 Å². The van der Waals surface area contributed by atoms with Gasteiger partial charge in [0.05, 0.1) is 18.8 Å². The van der Waals surface area contributed by atoms with E-state index in [-0.39, 0.29) is 11.0 Å². The van der Waals surface area contributed by atoms with Crippen molar-refractivity contribution in [2.45, 2.75) is 31.3 Å². The van der Waals surface area contributed by atoms with Crippen LogP contribution in [0.25, 0.3) is 0 Å². The molecule has 1 aliphatic carbocycles. The lowest BCUT2D eigenvalue weighted by Crippen LogP contribution is -2.52. The summed E-state index contributed by atoms with van der Waals surface area (Å²) in [6.45, 7) is 4.70. The molecule has 1 saturated carbocycles. The molecular formula is C11H19NO2. The first kappa shape index (κ1) is 9.13. The molecule has 0 aromatic carbocycles. The van der Waals surface area contributed by atoms with Crippen LogP contribution in [0.3, 0.4) is 0 Å². The van der Waals surface area contributed by atoms with Crippen LogP contribution in [0, 0.1) is 5.41 Å². The lowest BCUT2D eigenvalue weighted by atomic mass is 9.63. The van der Waals surface area contributed by atoms with Crippen molar-refractivity contribution >= 4 is 0 Å². The second kappa shape index (κ2) is 2.94. The van der Waals surface area contributed by atoms with E-state index < -0.39 is 0 Å². The number of fused-ring (bicyclic) bond motifs is 1. The van der Waals surface area contributed by atoms with Gasteiger partial charge in [0.2, 0.25) is 0 Å². The van der Waals surface area contributed by atoms with Gasteiger partial charge in [0.1, 0.15) is 0 Å². The van der Waals surface area contributed by atoms with E-state index >= 15 is 0 Å². The van der Waals surface area contributed by atoms with E-state index in [0.29, 0.717) is 6.61 Å². The van der Waals surface area contributed by atoms with Gasteiger partial charge in [-0.3, -0.25) is 0 Å². The first-order valence-electron chi connectivity index (χ1n) is 5.73. The number of aliphatic hydroxyl groups excluding tert-OH is 1. The number of hydrogen-bond acceptors (Lipinski definition) is 3. The second-order valence-electron chi connectivity index (χ2n) is 5.47. The maximum absolute atomic E-state index is 9.24. The number of rotatable bonds is 3. The fourth-order valence-corrected chi connectivity index (χ4v) is 3.49. The van der Waals surface area contributed by atoms with Crippen LogP contribution in [0.2, 0.25) is 0 Å². The zero-order chi connectivity index (χ0) is 9.65. The van der Waals surface area contributed by atoms with Crippen LogP contribution in [0.5, 0.6) is 0 Å². The van der Waals surface area contributed by atoms with E-state index in [1.54, 1.807) is 0 Å². The molecule has 4 fully saturated rings. The Labute approximate surface area is 85.0 Å². The molecule has 0 amide bonds. The molecule has 3 heterocycles. The van der Waals surface area contributed by atoms with Gasteiger partial charge in [-0.25, -0.2) is 0 Å². The first-order valence-corrected chi connectivity index (χ1v) is 5.73. The fourth-order valence-electron chi connectivity index (χ4n) is 3.49. The smallest absolute Gasteiger partial charge is 0.0823 e. The molecule has 0 aromatic rings. The van der Waals surface area contributed by atoms with Crippen LogP contribution >= 0.6 is 0 Å². The molecule has 0 spiro atoms. The highest BCUT2D eigenvalue weighted by atomic mass is 16.5. The van der Waals surface area contributed by atoms with E-state index in [1.807, 2.05) is 0 Å². The molecule has 2 bridgehead atoms. The summed E-state index contributed by atoms with van der Waals surface area (Å²) in [6, 6.07) is 0. The average Bonchev–Trinajstić information content (AvgIpc) is 2.78. The maximum Gasteiger partial charge on any atom is 0.0823 e. The Balaban J connectivity index is 1.60. The predicted octanol–water partition coefficient (Wildman–Crippen LogP) is 0.624. The van der Waals surface area contributed by atoms with Crippen molar-refractivity contribution < 1.29 is 9.84 Å². The van der Waals surface area contributed by atoms with E-state index in [0.717, 1.165) is 26.0 Å². The van der Waals surface area contributed by atoms with Gasteiger partial charge in [0, 0.05) is 12.0 Å². The van der Waals surface area contributed by atoms with E-state index in [2.05, 4.69) is 4.90 Å². The van der Waals surface area contributed by atoms with Crippen molar-refractivity contribution in [1.82, 2.24) is 4.90 Å². The SMILES string of the molecule is OCC12COC(CN3CCCC3)(C1)C2. The zero-order valence-electron chi connectivity index (χ0n) is 8.67. The van der Waals surface area contributed by atoms with Crippen LogP contribution in [0.1, 0.15) is 25.7 Å². The number of likely N-dealkylation sites (tertiary alicyclic amines) is 1. The number of ether oxygens (including phenoxy) is 1. The van der Waals surface area contributed by atoms with Crippen molar-refractivity contribution in [3.63, 3.8) is 0 Å². The third-order valence-electron chi connectivity index (χ3n) is 4.12. The molecule has 0 aromatic heterocycles. The van der Waals surface area contributed by atoms with Crippen molar-refractivity contribution in [1.29, 1.82) is 0 Å². The van der Waals surface area contributed by atoms with Crippen LogP contribution < -0.4 is 0 Å². The van der Waals surface area contributed by atoms with Crippen LogP contribution in [0.4, 0.5) is 0 Å². The molecule has 0 atom stereocenters. The van der Waals surface area contributed by atoms with Crippen LogP contribution in [-0.2, 0) is 4.74 Å². The highest BCUT2D eigenvalue weighted by molar-refractivity contribution is 5.12. The van der Waals surface area contributed by atoms with E-state index in [9.17, 15) is 5.11 Å². The predicted molar refractivity (Wildman–Crippen MR) is 53.1 cm³/mol. The highest BCUT2D eigenvalue weighted by Gasteiger charge is 2.62. The van der Waals surface area contributed by atoms with Gasteiger partial charge in [-0.1, -0.05) is 0 Å². The summed E-state index contributed by atoms with van der Waals surface area (Å²) in [6.07, 6.45) is 4.88. The van der Waals surface area contributed by atoms with Gasteiger partial charge in [0.15, 0.2) is 0 Å². The monoisotopic (exact) mass is 197 g/mol. The van der Waals surface area contributed by atoms with Crippen molar-refractivity contribution in [2.75, 3.05) is 32.8 Å². The second-order valence-corrected chi connectivity index (χ2v) is 5.47. The standard InChI is InChI=1S/C11H19NO2/c13-8-10-5-11(6-10,14-9-10)7-12-3-1-2-4-12/h13H,1-9H2. The summed E-state index contributed by atoms with van der Waals surface area (Å²) >= 11 is 0. The zero-order valence-corrected chi connectivity index (χ0v) is 8.67. The highest BCUT2D eigenvalue weighted by Crippen LogP contribution is 2.57. The third kappa shape index (κ3) is 1.23. The summed E-state index contributed by atoms with van der Waals surface area (Å²) < 4.78 is 5.87. The van der Waals surface area contributed by atoms with Crippen LogP contribution in [-0.4, -0.2) is 48.5 Å². The average molecular weight is 197 g/mol. The first-order chi connectivity index (χ1) is 6.76. The number of hydrogen-bond donors (Lipinski definition) is 1. The number of nitrogens with zero attached hydrogens (tertiary/aromatic N) is 1. The van der Waals surface area contributed by atoms with Gasteiger partial charge in [-0.15, -0.1) is 0 Å². The maximum atomic E-state index is 9.24. The largest absolute Gasteiger partial charge is 0.396 e. The van der Waals surface area contributed by atoms with Gasteiger partial charge >= 0.3 is 0 Å². The van der Waals surface area contributed by atoms with Crippen molar-refractivity contribution in [2.24, 2.45) is 5.41 Å². The molecule has 1 N–H and O–H groups in total. The lowest BCUT2D eigenvalue weighted by Gasteiger charge is -2.45. The topological polar surface area (TPSA) is 32.7 Å². The summed E-state index contributed by atoms with van der Waals surface area (Å²) in [4.78, 5) is 2.52. The number of aliphatic hydroxyl groups is 1. The molecule has 0 unspecified atom stereocenters. The van der Waals surface area contributed by atoms with Crippen molar-refractivity contribution in [3.05, 3.63) is 0 Å². The molecule has 3 saturated heterocycles. The van der Waals surface area contributed by atoms with Crippen LogP contribution in [0.15, 0.2) is 0 Å². The van der Waals surface area contributed by atoms with Gasteiger partial charge < -0.3 is 14.7 Å². The molecule has 3 nitrogen and oxygen atoms in total. The lowest BCUT2D eigenvalue weighted by molar-refractivity contribution is -0.0486. The van der Waals surface area contributed by atoms with Crippen molar-refractivity contribution in [3.8, 4) is 0 Å². The third-order valence-corrected chi connectivity index (χ3v) is 4.12. The summed E-state index contributed by atoms with van der Waals surface area (Å²) in [5, 5.41) is 9.24. The molecule has 4 rings (SSSR count). The minimum absolute atomic E-state index is 0.132. The Morgan fingerprint density at radius 1 is 1.21 bits per heavy atom. The molecule has 3 heteroatoms. The molecular weight excluding hydrogens is 178 g/mol. The van der Waals surface area contributed by atoms with Gasteiger partial charge in [-0.2, -0.15) is 0 Å². The van der Waals surface area contributed by atoms with Gasteiger partial charge in [0.25, 0.3) is 0 Å². The summed E-state index contributed by atoms with van der Waals surface area (Å²) in [7, 11) is 0. The normalized spacial score (nSPS) is 46.9. The Kier molecular flexibility index (Phi) is 1.92. The van der Waals surface area contributed by atoms with E-state index in [4.69, 9.17) is 4.74 Å². The quantitative estimate of drug-likeness (QED) is 0.720.